The van der Waals surface area contributed by atoms with Crippen molar-refractivity contribution in [3.05, 3.63) is 23.8 Å². The Bertz CT molecular complexity index is 259. The fraction of sp³-hybridized carbons (Fsp3) is 0.333. The van der Waals surface area contributed by atoms with Crippen LogP contribution >= 0.6 is 0 Å². The first-order valence-electron chi connectivity index (χ1n) is 3.76. The van der Waals surface area contributed by atoms with Crippen LogP contribution in [-0.2, 0) is 0 Å². The molecule has 0 aliphatic carbocycles. The van der Waals surface area contributed by atoms with Gasteiger partial charge in [0.15, 0.2) is 0 Å². The van der Waals surface area contributed by atoms with Crippen LogP contribution in [0.4, 0.5) is 11.4 Å². The van der Waals surface area contributed by atoms with Gasteiger partial charge in [-0.2, -0.15) is 0 Å². The van der Waals surface area contributed by atoms with Crippen molar-refractivity contribution in [3.8, 4) is 0 Å². The topological polar surface area (TPSA) is 83.5 Å². The number of benzene rings is 1. The first-order valence-corrected chi connectivity index (χ1v) is 3.76. The maximum absolute atomic E-state index is 5.74. The maximum atomic E-state index is 5.74. The summed E-state index contributed by atoms with van der Waals surface area (Å²) >= 11 is 0. The third kappa shape index (κ3) is 2.13. The van der Waals surface area contributed by atoms with Crippen molar-refractivity contribution in [1.29, 1.82) is 0 Å². The minimum atomic E-state index is 0. The van der Waals surface area contributed by atoms with Gasteiger partial charge in [0, 0.05) is 11.4 Å². The summed E-state index contributed by atoms with van der Waals surface area (Å²) in [4.78, 5) is 0. The van der Waals surface area contributed by atoms with Gasteiger partial charge in [-0.05, 0) is 23.6 Å². The predicted molar refractivity (Wildman–Crippen MR) is 53.0 cm³/mol. The van der Waals surface area contributed by atoms with E-state index in [4.69, 9.17) is 11.5 Å². The molecule has 1 aromatic carbocycles. The van der Waals surface area contributed by atoms with Crippen LogP contribution in [0.1, 0.15) is 25.3 Å². The van der Waals surface area contributed by atoms with E-state index in [1.807, 2.05) is 12.1 Å². The fourth-order valence-corrected chi connectivity index (χ4v) is 1.12. The molecule has 0 unspecified atom stereocenters. The van der Waals surface area contributed by atoms with Crippen LogP contribution in [0.25, 0.3) is 0 Å². The molecule has 12 heavy (non-hydrogen) atoms. The summed E-state index contributed by atoms with van der Waals surface area (Å²) in [6.45, 7) is 4.23. The third-order valence-corrected chi connectivity index (χ3v) is 1.73. The maximum Gasteiger partial charge on any atom is 0.0369 e. The Balaban J connectivity index is 0.00000121. The van der Waals surface area contributed by atoms with Gasteiger partial charge in [-0.15, -0.1) is 0 Å². The predicted octanol–water partition coefficient (Wildman–Crippen LogP) is 1.15. The molecule has 0 aliphatic heterocycles. The molecule has 68 valence electrons. The van der Waals surface area contributed by atoms with E-state index in [1.54, 1.807) is 6.07 Å². The summed E-state index contributed by atoms with van der Waals surface area (Å²) < 4.78 is 0. The van der Waals surface area contributed by atoms with Crippen molar-refractivity contribution >= 4 is 11.4 Å². The highest BCUT2D eigenvalue weighted by Crippen LogP contribution is 2.23. The van der Waals surface area contributed by atoms with E-state index in [0.717, 1.165) is 11.4 Å². The molecule has 0 saturated carbocycles. The minimum Gasteiger partial charge on any atom is -0.412 e. The Kier molecular flexibility index (Phi) is 3.57. The summed E-state index contributed by atoms with van der Waals surface area (Å²) in [5.74, 6) is 0.468. The zero-order valence-corrected chi connectivity index (χ0v) is 7.46. The smallest absolute Gasteiger partial charge is 0.0369 e. The van der Waals surface area contributed by atoms with Gasteiger partial charge in [0.05, 0.1) is 0 Å². The van der Waals surface area contributed by atoms with Crippen LogP contribution in [0, 0.1) is 0 Å². The highest BCUT2D eigenvalue weighted by molar-refractivity contribution is 5.57. The highest BCUT2D eigenvalue weighted by atomic mass is 16.0. The van der Waals surface area contributed by atoms with Crippen LogP contribution in [0.2, 0.25) is 0 Å². The van der Waals surface area contributed by atoms with E-state index in [2.05, 4.69) is 13.8 Å². The van der Waals surface area contributed by atoms with Crippen molar-refractivity contribution < 1.29 is 5.48 Å². The monoisotopic (exact) mass is 168 g/mol. The average Bonchev–Trinajstić information content (AvgIpc) is 1.85. The molecular weight excluding hydrogens is 152 g/mol. The first-order chi connectivity index (χ1) is 5.11. The van der Waals surface area contributed by atoms with Gasteiger partial charge in [0.2, 0.25) is 0 Å². The zero-order chi connectivity index (χ0) is 8.43. The van der Waals surface area contributed by atoms with E-state index in [1.165, 1.54) is 5.56 Å². The van der Waals surface area contributed by atoms with Gasteiger partial charge in [-0.1, -0.05) is 19.9 Å². The van der Waals surface area contributed by atoms with E-state index in [0.29, 0.717) is 5.92 Å². The molecule has 0 spiro atoms. The van der Waals surface area contributed by atoms with Gasteiger partial charge < -0.3 is 16.9 Å². The summed E-state index contributed by atoms with van der Waals surface area (Å²) in [6.07, 6.45) is 0. The van der Waals surface area contributed by atoms with Crippen LogP contribution in [-0.4, -0.2) is 5.48 Å². The number of hydrogen-bond donors (Lipinski definition) is 2. The normalized spacial score (nSPS) is 9.58. The number of hydrogen-bond acceptors (Lipinski definition) is 2. The van der Waals surface area contributed by atoms with Gasteiger partial charge in [0.1, 0.15) is 0 Å². The molecule has 0 bridgehead atoms. The van der Waals surface area contributed by atoms with Gasteiger partial charge in [-0.3, -0.25) is 0 Å². The summed E-state index contributed by atoms with van der Waals surface area (Å²) in [5.41, 5.74) is 14.0. The Morgan fingerprint density at radius 1 is 1.17 bits per heavy atom. The summed E-state index contributed by atoms with van der Waals surface area (Å²) in [5, 5.41) is 0. The summed E-state index contributed by atoms with van der Waals surface area (Å²) in [6, 6.07) is 5.66. The Morgan fingerprint density at radius 2 is 1.75 bits per heavy atom. The van der Waals surface area contributed by atoms with Crippen molar-refractivity contribution in [2.24, 2.45) is 0 Å². The molecule has 0 radical (unpaired) electrons. The molecule has 1 rings (SSSR count). The number of anilines is 2. The molecule has 0 aliphatic rings. The molecule has 0 saturated heterocycles. The summed E-state index contributed by atoms with van der Waals surface area (Å²) in [7, 11) is 0. The standard InChI is InChI=1S/C9H14N2.H2O/c1-6(2)8-4-3-7(10)5-9(8)11;/h3-6H,10-11H2,1-2H3;1H2. The number of nitrogen functional groups attached to an aromatic ring is 2. The molecule has 0 heterocycles. The molecule has 3 heteroatoms. The molecule has 6 N–H and O–H groups in total. The second kappa shape index (κ2) is 3.97. The quantitative estimate of drug-likeness (QED) is 0.616. The van der Waals surface area contributed by atoms with Gasteiger partial charge >= 0.3 is 0 Å². The highest BCUT2D eigenvalue weighted by Gasteiger charge is 2.02. The molecule has 0 atom stereocenters. The second-order valence-electron chi connectivity index (χ2n) is 3.04. The lowest BCUT2D eigenvalue weighted by atomic mass is 10.0. The first kappa shape index (κ1) is 10.8. The van der Waals surface area contributed by atoms with E-state index in [-0.39, 0.29) is 5.48 Å². The number of rotatable bonds is 1. The largest absolute Gasteiger partial charge is 0.412 e. The minimum absolute atomic E-state index is 0. The van der Waals surface area contributed by atoms with E-state index in [9.17, 15) is 0 Å². The van der Waals surface area contributed by atoms with Crippen LogP contribution in [0.5, 0.6) is 0 Å². The van der Waals surface area contributed by atoms with Crippen molar-refractivity contribution in [1.82, 2.24) is 0 Å². The third-order valence-electron chi connectivity index (χ3n) is 1.73. The van der Waals surface area contributed by atoms with Crippen molar-refractivity contribution in [2.75, 3.05) is 11.5 Å². The van der Waals surface area contributed by atoms with Crippen molar-refractivity contribution in [3.63, 3.8) is 0 Å². The Hall–Kier alpha value is -1.22. The Morgan fingerprint density at radius 3 is 2.17 bits per heavy atom. The fourth-order valence-electron chi connectivity index (χ4n) is 1.12. The van der Waals surface area contributed by atoms with Crippen molar-refractivity contribution in [2.45, 2.75) is 19.8 Å². The van der Waals surface area contributed by atoms with Crippen LogP contribution < -0.4 is 11.5 Å². The Labute approximate surface area is 72.7 Å². The molecule has 0 amide bonds. The molecule has 0 aromatic heterocycles. The van der Waals surface area contributed by atoms with E-state index < -0.39 is 0 Å². The van der Waals surface area contributed by atoms with Gasteiger partial charge in [-0.25, -0.2) is 0 Å². The second-order valence-corrected chi connectivity index (χ2v) is 3.04. The lowest BCUT2D eigenvalue weighted by Crippen LogP contribution is -1.97. The molecular formula is C9H16N2O. The molecule has 1 aromatic rings. The lowest BCUT2D eigenvalue weighted by molar-refractivity contribution is 0.824. The average molecular weight is 168 g/mol. The van der Waals surface area contributed by atoms with Crippen LogP contribution in [0.3, 0.4) is 0 Å². The SMILES string of the molecule is CC(C)c1ccc(N)cc1N.O. The zero-order valence-electron chi connectivity index (χ0n) is 7.46. The van der Waals surface area contributed by atoms with Gasteiger partial charge in [0.25, 0.3) is 0 Å². The molecule has 0 fully saturated rings. The van der Waals surface area contributed by atoms with E-state index >= 15 is 0 Å². The lowest BCUT2D eigenvalue weighted by Gasteiger charge is -2.08. The van der Waals surface area contributed by atoms with Crippen LogP contribution in [0.15, 0.2) is 18.2 Å². The number of nitrogens with two attached hydrogens (primary N) is 2. The molecule has 3 nitrogen and oxygen atoms in total.